The molecule has 0 saturated heterocycles. The molecule has 0 aliphatic heterocycles. The van der Waals surface area contributed by atoms with Gasteiger partial charge in [-0.25, -0.2) is 0 Å². The fraction of sp³-hybridized carbons (Fsp3) is 0.250. The van der Waals surface area contributed by atoms with Crippen molar-refractivity contribution in [2.45, 2.75) is 19.8 Å². The van der Waals surface area contributed by atoms with Crippen LogP contribution in [0.3, 0.4) is 0 Å². The molecule has 4 nitrogen and oxygen atoms in total. The Morgan fingerprint density at radius 1 is 1.16 bits per heavy atom. The third-order valence-corrected chi connectivity index (χ3v) is 4.38. The van der Waals surface area contributed by atoms with Gasteiger partial charge in [-0.2, -0.15) is 9.61 Å². The minimum atomic E-state index is 0.277. The van der Waals surface area contributed by atoms with Gasteiger partial charge in [0.1, 0.15) is 5.01 Å². The van der Waals surface area contributed by atoms with Crippen LogP contribution < -0.4 is 0 Å². The van der Waals surface area contributed by atoms with Crippen molar-refractivity contribution in [1.29, 1.82) is 0 Å². The highest BCUT2D eigenvalue weighted by atomic mass is 35.5. The molecule has 0 N–H and O–H groups in total. The van der Waals surface area contributed by atoms with Crippen LogP contribution in [0.2, 0.25) is 10.0 Å². The lowest BCUT2D eigenvalue weighted by Crippen LogP contribution is -1.97. The highest BCUT2D eigenvalue weighted by molar-refractivity contribution is 7.19. The fourth-order valence-corrected chi connectivity index (χ4v) is 2.88. The summed E-state index contributed by atoms with van der Waals surface area (Å²) in [7, 11) is 0. The summed E-state index contributed by atoms with van der Waals surface area (Å²) in [5, 5.41) is 14.7. The topological polar surface area (TPSA) is 43.1 Å². The highest BCUT2D eigenvalue weighted by Crippen LogP contribution is 2.31. The molecule has 0 unspecified atom stereocenters. The van der Waals surface area contributed by atoms with Crippen molar-refractivity contribution >= 4 is 39.5 Å². The standard InChI is InChI=1S/C12H10Cl2N4S/c1-6(2)10-15-16-12-18(10)17-11(19-12)7-3-4-8(13)9(14)5-7/h3-6H,1-2H3. The highest BCUT2D eigenvalue weighted by Gasteiger charge is 2.15. The van der Waals surface area contributed by atoms with E-state index in [2.05, 4.69) is 29.1 Å². The number of benzene rings is 1. The van der Waals surface area contributed by atoms with E-state index in [4.69, 9.17) is 23.2 Å². The fourth-order valence-electron chi connectivity index (χ4n) is 1.74. The summed E-state index contributed by atoms with van der Waals surface area (Å²) in [6.45, 7) is 4.13. The van der Waals surface area contributed by atoms with E-state index >= 15 is 0 Å². The summed E-state index contributed by atoms with van der Waals surface area (Å²) in [6, 6.07) is 5.48. The smallest absolute Gasteiger partial charge is 0.187 e. The van der Waals surface area contributed by atoms with Crippen molar-refractivity contribution in [2.75, 3.05) is 0 Å². The maximum absolute atomic E-state index is 6.03. The lowest BCUT2D eigenvalue weighted by molar-refractivity contribution is 0.727. The average molecular weight is 313 g/mol. The van der Waals surface area contributed by atoms with Crippen LogP contribution >= 0.6 is 34.5 Å². The van der Waals surface area contributed by atoms with E-state index in [-0.39, 0.29) is 5.92 Å². The van der Waals surface area contributed by atoms with Crippen molar-refractivity contribution < 1.29 is 0 Å². The number of aromatic nitrogens is 4. The molecule has 7 heteroatoms. The van der Waals surface area contributed by atoms with Crippen molar-refractivity contribution in [1.82, 2.24) is 19.8 Å². The van der Waals surface area contributed by atoms with E-state index in [9.17, 15) is 0 Å². The number of halogens is 2. The number of hydrogen-bond donors (Lipinski definition) is 0. The molecule has 0 radical (unpaired) electrons. The first-order chi connectivity index (χ1) is 9.06. The van der Waals surface area contributed by atoms with Gasteiger partial charge in [0.15, 0.2) is 5.82 Å². The van der Waals surface area contributed by atoms with Gasteiger partial charge in [0.05, 0.1) is 10.0 Å². The first kappa shape index (κ1) is 12.8. The molecule has 0 spiro atoms. The molecule has 3 aromatic rings. The number of hydrogen-bond acceptors (Lipinski definition) is 4. The summed E-state index contributed by atoms with van der Waals surface area (Å²) in [5.74, 6) is 1.14. The van der Waals surface area contributed by atoms with E-state index in [1.165, 1.54) is 11.3 Å². The molecular formula is C12H10Cl2N4S. The van der Waals surface area contributed by atoms with E-state index < -0.39 is 0 Å². The monoisotopic (exact) mass is 312 g/mol. The summed E-state index contributed by atoms with van der Waals surface area (Å²) in [5.41, 5.74) is 0.930. The predicted molar refractivity (Wildman–Crippen MR) is 78.2 cm³/mol. The van der Waals surface area contributed by atoms with Crippen LogP contribution in [-0.4, -0.2) is 19.8 Å². The van der Waals surface area contributed by atoms with Gasteiger partial charge in [0, 0.05) is 11.5 Å². The number of rotatable bonds is 2. The Hall–Kier alpha value is -1.17. The van der Waals surface area contributed by atoms with Gasteiger partial charge in [-0.1, -0.05) is 54.5 Å². The van der Waals surface area contributed by atoms with Crippen LogP contribution in [0, 0.1) is 0 Å². The average Bonchev–Trinajstić information content (AvgIpc) is 2.91. The van der Waals surface area contributed by atoms with Crippen LogP contribution in [-0.2, 0) is 0 Å². The summed E-state index contributed by atoms with van der Waals surface area (Å²) < 4.78 is 1.78. The minimum Gasteiger partial charge on any atom is -0.187 e. The molecule has 0 aliphatic rings. The summed E-state index contributed by atoms with van der Waals surface area (Å²) in [6.07, 6.45) is 0. The van der Waals surface area contributed by atoms with Crippen molar-refractivity contribution in [3.05, 3.63) is 34.1 Å². The molecule has 19 heavy (non-hydrogen) atoms. The van der Waals surface area contributed by atoms with E-state index in [1.54, 1.807) is 10.6 Å². The Balaban J connectivity index is 2.12. The maximum atomic E-state index is 6.03. The van der Waals surface area contributed by atoms with Crippen molar-refractivity contribution in [3.8, 4) is 10.6 Å². The SMILES string of the molecule is CC(C)c1nnc2sc(-c3ccc(Cl)c(Cl)c3)nn12. The first-order valence-electron chi connectivity index (χ1n) is 5.74. The zero-order chi connectivity index (χ0) is 13.6. The van der Waals surface area contributed by atoms with Gasteiger partial charge in [-0.15, -0.1) is 10.2 Å². The summed E-state index contributed by atoms with van der Waals surface area (Å²) in [4.78, 5) is 0.782. The molecule has 0 aliphatic carbocycles. The largest absolute Gasteiger partial charge is 0.234 e. The van der Waals surface area contributed by atoms with Gasteiger partial charge in [0.25, 0.3) is 0 Å². The molecule has 0 fully saturated rings. The van der Waals surface area contributed by atoms with Crippen LogP contribution in [0.15, 0.2) is 18.2 Å². The second-order valence-corrected chi connectivity index (χ2v) is 6.21. The Morgan fingerprint density at radius 2 is 1.95 bits per heavy atom. The van der Waals surface area contributed by atoms with Gasteiger partial charge in [0.2, 0.25) is 4.96 Å². The molecule has 98 valence electrons. The quantitative estimate of drug-likeness (QED) is 0.709. The molecule has 0 amide bonds. The van der Waals surface area contributed by atoms with Crippen molar-refractivity contribution in [3.63, 3.8) is 0 Å². The molecule has 1 aromatic carbocycles. The maximum Gasteiger partial charge on any atom is 0.234 e. The second kappa shape index (κ2) is 4.74. The van der Waals surface area contributed by atoms with Gasteiger partial charge in [-0.3, -0.25) is 0 Å². The number of fused-ring (bicyclic) bond motifs is 1. The van der Waals surface area contributed by atoms with E-state index in [0.29, 0.717) is 10.0 Å². The van der Waals surface area contributed by atoms with Crippen LogP contribution in [0.1, 0.15) is 25.6 Å². The molecule has 0 atom stereocenters. The van der Waals surface area contributed by atoms with Crippen LogP contribution in [0.5, 0.6) is 0 Å². The third-order valence-electron chi connectivity index (χ3n) is 2.70. The van der Waals surface area contributed by atoms with Gasteiger partial charge >= 0.3 is 0 Å². The zero-order valence-electron chi connectivity index (χ0n) is 10.3. The predicted octanol–water partition coefficient (Wildman–Crippen LogP) is 4.28. The summed E-state index contributed by atoms with van der Waals surface area (Å²) >= 11 is 13.4. The Kier molecular flexibility index (Phi) is 3.20. The molecule has 2 aromatic heterocycles. The van der Waals surface area contributed by atoms with Crippen LogP contribution in [0.25, 0.3) is 15.5 Å². The molecule has 3 rings (SSSR count). The van der Waals surface area contributed by atoms with E-state index in [0.717, 1.165) is 21.4 Å². The Labute approximate surface area is 124 Å². The molecule has 2 heterocycles. The van der Waals surface area contributed by atoms with Gasteiger partial charge in [-0.05, 0) is 12.1 Å². The van der Waals surface area contributed by atoms with Gasteiger partial charge < -0.3 is 0 Å². The number of nitrogens with zero attached hydrogens (tertiary/aromatic N) is 4. The third kappa shape index (κ3) is 2.22. The zero-order valence-corrected chi connectivity index (χ0v) is 12.6. The normalized spacial score (nSPS) is 11.6. The Morgan fingerprint density at radius 3 is 2.63 bits per heavy atom. The lowest BCUT2D eigenvalue weighted by Gasteiger charge is -2.00. The second-order valence-electron chi connectivity index (χ2n) is 4.44. The first-order valence-corrected chi connectivity index (χ1v) is 7.31. The Bertz CT molecular complexity index is 747. The minimum absolute atomic E-state index is 0.277. The molecule has 0 bridgehead atoms. The molecular weight excluding hydrogens is 303 g/mol. The molecule has 0 saturated carbocycles. The van der Waals surface area contributed by atoms with E-state index in [1.807, 2.05) is 12.1 Å². The van der Waals surface area contributed by atoms with Crippen molar-refractivity contribution in [2.24, 2.45) is 0 Å². The van der Waals surface area contributed by atoms with Crippen LogP contribution in [0.4, 0.5) is 0 Å². The lowest BCUT2D eigenvalue weighted by atomic mass is 10.2.